The molecule has 28 heavy (non-hydrogen) atoms. The first-order chi connectivity index (χ1) is 13.5. The van der Waals surface area contributed by atoms with Crippen LogP contribution in [0.5, 0.6) is 0 Å². The zero-order valence-corrected chi connectivity index (χ0v) is 15.7. The molecule has 0 N–H and O–H groups in total. The Balaban J connectivity index is 1.73. The Morgan fingerprint density at radius 2 is 1.96 bits per heavy atom. The van der Waals surface area contributed by atoms with E-state index in [0.29, 0.717) is 16.8 Å². The SMILES string of the molecule is CCCn1cc(-c2cc(C(=O)N3CCC(F)(F)CC3)c3ccccc3n2)cn1. The number of aryl methyl sites for hydroxylation is 1. The molecule has 146 valence electrons. The number of para-hydroxylation sites is 1. The van der Waals surface area contributed by atoms with Crippen LogP contribution < -0.4 is 0 Å². The molecule has 0 aliphatic carbocycles. The standard InChI is InChI=1S/C21H22F2N4O/c1-2-9-27-14-15(13-24-27)19-12-17(16-5-3-4-6-18(16)25-19)20(28)26-10-7-21(22,23)8-11-26/h3-6,12-14H,2,7-11H2,1H3. The van der Waals surface area contributed by atoms with E-state index in [9.17, 15) is 13.6 Å². The fourth-order valence-corrected chi connectivity index (χ4v) is 3.55. The van der Waals surface area contributed by atoms with Gasteiger partial charge in [-0.2, -0.15) is 5.10 Å². The third-order valence-electron chi connectivity index (χ3n) is 5.11. The normalized spacial score (nSPS) is 16.5. The summed E-state index contributed by atoms with van der Waals surface area (Å²) < 4.78 is 28.8. The molecule has 0 unspecified atom stereocenters. The first-order valence-corrected chi connectivity index (χ1v) is 9.56. The van der Waals surface area contributed by atoms with E-state index in [4.69, 9.17) is 0 Å². The van der Waals surface area contributed by atoms with Crippen molar-refractivity contribution in [1.29, 1.82) is 0 Å². The van der Waals surface area contributed by atoms with Crippen molar-refractivity contribution in [2.45, 2.75) is 38.7 Å². The molecule has 3 heterocycles. The molecule has 0 spiro atoms. The van der Waals surface area contributed by atoms with Crippen LogP contribution in [-0.4, -0.2) is 44.6 Å². The maximum atomic E-state index is 13.5. The molecule has 3 aromatic rings. The number of pyridine rings is 1. The third-order valence-corrected chi connectivity index (χ3v) is 5.11. The van der Waals surface area contributed by atoms with E-state index in [2.05, 4.69) is 17.0 Å². The summed E-state index contributed by atoms with van der Waals surface area (Å²) >= 11 is 0. The van der Waals surface area contributed by atoms with Crippen molar-refractivity contribution in [3.05, 3.63) is 48.3 Å². The minimum atomic E-state index is -2.68. The summed E-state index contributed by atoms with van der Waals surface area (Å²) in [6, 6.07) is 9.18. The molecule has 1 aromatic carbocycles. The maximum Gasteiger partial charge on any atom is 0.254 e. The van der Waals surface area contributed by atoms with Crippen molar-refractivity contribution in [3.63, 3.8) is 0 Å². The van der Waals surface area contributed by atoms with Gasteiger partial charge in [0.1, 0.15) is 0 Å². The van der Waals surface area contributed by atoms with Gasteiger partial charge in [-0.25, -0.2) is 13.8 Å². The van der Waals surface area contributed by atoms with Crippen LogP contribution in [0.2, 0.25) is 0 Å². The van der Waals surface area contributed by atoms with Crippen LogP contribution in [0.25, 0.3) is 22.2 Å². The van der Waals surface area contributed by atoms with E-state index in [1.54, 1.807) is 12.3 Å². The smallest absolute Gasteiger partial charge is 0.254 e. The highest BCUT2D eigenvalue weighted by atomic mass is 19.3. The Bertz CT molecular complexity index is 1000. The molecular formula is C21H22F2N4O. The van der Waals surface area contributed by atoms with E-state index >= 15 is 0 Å². The second-order valence-corrected chi connectivity index (χ2v) is 7.21. The van der Waals surface area contributed by atoms with Gasteiger partial charge in [0.15, 0.2) is 0 Å². The predicted molar refractivity (Wildman–Crippen MR) is 103 cm³/mol. The highest BCUT2D eigenvalue weighted by molar-refractivity contribution is 6.07. The minimum Gasteiger partial charge on any atom is -0.338 e. The zero-order valence-electron chi connectivity index (χ0n) is 15.7. The lowest BCUT2D eigenvalue weighted by Crippen LogP contribution is -2.42. The van der Waals surface area contributed by atoms with Crippen LogP contribution in [0.4, 0.5) is 8.78 Å². The van der Waals surface area contributed by atoms with Crippen molar-refractivity contribution >= 4 is 16.8 Å². The number of carbonyl (C=O) groups is 1. The Morgan fingerprint density at radius 3 is 2.71 bits per heavy atom. The van der Waals surface area contributed by atoms with Gasteiger partial charge < -0.3 is 4.90 Å². The zero-order chi connectivity index (χ0) is 19.7. The van der Waals surface area contributed by atoms with E-state index in [1.165, 1.54) is 4.90 Å². The molecular weight excluding hydrogens is 362 g/mol. The predicted octanol–water partition coefficient (Wildman–Crippen LogP) is 4.38. The second kappa shape index (κ2) is 7.30. The summed E-state index contributed by atoms with van der Waals surface area (Å²) in [6.45, 7) is 3.01. The second-order valence-electron chi connectivity index (χ2n) is 7.21. The number of benzene rings is 1. The van der Waals surface area contributed by atoms with Gasteiger partial charge in [0.2, 0.25) is 0 Å². The van der Waals surface area contributed by atoms with Crippen molar-refractivity contribution in [2.75, 3.05) is 13.1 Å². The van der Waals surface area contributed by atoms with Gasteiger partial charge in [-0.3, -0.25) is 9.48 Å². The number of alkyl halides is 2. The molecule has 5 nitrogen and oxygen atoms in total. The molecule has 4 rings (SSSR count). The summed E-state index contributed by atoms with van der Waals surface area (Å²) in [5.41, 5.74) is 2.69. The summed E-state index contributed by atoms with van der Waals surface area (Å²) in [4.78, 5) is 19.4. The van der Waals surface area contributed by atoms with Gasteiger partial charge in [-0.05, 0) is 18.6 Å². The van der Waals surface area contributed by atoms with E-state index < -0.39 is 5.92 Å². The fourth-order valence-electron chi connectivity index (χ4n) is 3.55. The van der Waals surface area contributed by atoms with Crippen LogP contribution in [-0.2, 0) is 6.54 Å². The number of likely N-dealkylation sites (tertiary alicyclic amines) is 1. The number of carbonyl (C=O) groups excluding carboxylic acids is 1. The van der Waals surface area contributed by atoms with Crippen LogP contribution in [0.3, 0.4) is 0 Å². The molecule has 7 heteroatoms. The molecule has 0 atom stereocenters. The van der Waals surface area contributed by atoms with E-state index in [-0.39, 0.29) is 31.8 Å². The molecule has 0 bridgehead atoms. The number of rotatable bonds is 4. The quantitative estimate of drug-likeness (QED) is 0.671. The number of amides is 1. The minimum absolute atomic E-state index is 0.0618. The van der Waals surface area contributed by atoms with E-state index in [1.807, 2.05) is 35.1 Å². The molecule has 0 saturated carbocycles. The Morgan fingerprint density at radius 1 is 1.21 bits per heavy atom. The fraction of sp³-hybridized carbons (Fsp3) is 0.381. The van der Waals surface area contributed by atoms with Gasteiger partial charge in [0.05, 0.1) is 23.0 Å². The summed E-state index contributed by atoms with van der Waals surface area (Å²) in [7, 11) is 0. The van der Waals surface area contributed by atoms with Crippen molar-refractivity contribution in [2.24, 2.45) is 0 Å². The Kier molecular flexibility index (Phi) is 4.83. The molecule has 2 aromatic heterocycles. The Hall–Kier alpha value is -2.83. The summed E-state index contributed by atoms with van der Waals surface area (Å²) in [5, 5.41) is 5.07. The lowest BCUT2D eigenvalue weighted by Gasteiger charge is -2.32. The van der Waals surface area contributed by atoms with Crippen molar-refractivity contribution < 1.29 is 13.6 Å². The van der Waals surface area contributed by atoms with Crippen LogP contribution >= 0.6 is 0 Å². The van der Waals surface area contributed by atoms with Crippen molar-refractivity contribution in [3.8, 4) is 11.3 Å². The average molecular weight is 384 g/mol. The average Bonchev–Trinajstić information content (AvgIpc) is 3.15. The van der Waals surface area contributed by atoms with Crippen LogP contribution in [0, 0.1) is 0 Å². The highest BCUT2D eigenvalue weighted by Crippen LogP contribution is 2.30. The first kappa shape index (κ1) is 18.5. The van der Waals surface area contributed by atoms with E-state index in [0.717, 1.165) is 23.9 Å². The number of aromatic nitrogens is 3. The van der Waals surface area contributed by atoms with Gasteiger partial charge in [0.25, 0.3) is 11.8 Å². The molecule has 1 amide bonds. The van der Waals surface area contributed by atoms with Gasteiger partial charge in [-0.1, -0.05) is 25.1 Å². The maximum absolute atomic E-state index is 13.5. The van der Waals surface area contributed by atoms with Crippen molar-refractivity contribution in [1.82, 2.24) is 19.7 Å². The van der Waals surface area contributed by atoms with Gasteiger partial charge in [-0.15, -0.1) is 0 Å². The first-order valence-electron chi connectivity index (χ1n) is 9.56. The molecule has 1 saturated heterocycles. The lowest BCUT2D eigenvalue weighted by molar-refractivity contribution is -0.0493. The largest absolute Gasteiger partial charge is 0.338 e. The molecule has 0 radical (unpaired) electrons. The van der Waals surface area contributed by atoms with Gasteiger partial charge in [0, 0.05) is 49.6 Å². The van der Waals surface area contributed by atoms with Crippen LogP contribution in [0.1, 0.15) is 36.5 Å². The number of piperidine rings is 1. The number of hydrogen-bond donors (Lipinski definition) is 0. The molecule has 1 fully saturated rings. The molecule has 1 aliphatic rings. The lowest BCUT2D eigenvalue weighted by atomic mass is 10.0. The number of nitrogens with zero attached hydrogens (tertiary/aromatic N) is 4. The molecule has 1 aliphatic heterocycles. The highest BCUT2D eigenvalue weighted by Gasteiger charge is 2.36. The number of halogens is 2. The third kappa shape index (κ3) is 3.61. The topological polar surface area (TPSA) is 51.0 Å². The summed E-state index contributed by atoms with van der Waals surface area (Å²) in [6.07, 6.45) is 4.03. The van der Waals surface area contributed by atoms with Gasteiger partial charge >= 0.3 is 0 Å². The number of hydrogen-bond acceptors (Lipinski definition) is 3. The monoisotopic (exact) mass is 384 g/mol. The summed E-state index contributed by atoms with van der Waals surface area (Å²) in [5.74, 6) is -2.91. The van der Waals surface area contributed by atoms with Crippen LogP contribution in [0.15, 0.2) is 42.7 Å². The number of fused-ring (bicyclic) bond motifs is 1. The Labute approximate surface area is 162 Å².